The standard InChI is InChI=1S/C8H14BrNO3/c1-6-3-10(8(12)2-9)4-7(5-11)13-6/h6-7,11H,2-5H2,1H3. The van der Waals surface area contributed by atoms with E-state index in [-0.39, 0.29) is 24.7 Å². The molecular weight excluding hydrogens is 238 g/mol. The summed E-state index contributed by atoms with van der Waals surface area (Å²) in [5, 5.41) is 9.24. The highest BCUT2D eigenvalue weighted by molar-refractivity contribution is 9.09. The van der Waals surface area contributed by atoms with Crippen LogP contribution in [0.4, 0.5) is 0 Å². The van der Waals surface area contributed by atoms with Crippen LogP contribution in [-0.4, -0.2) is 53.1 Å². The second-order valence-corrected chi connectivity index (χ2v) is 3.74. The lowest BCUT2D eigenvalue weighted by Crippen LogP contribution is -2.50. The average Bonchev–Trinajstić information content (AvgIpc) is 2.15. The summed E-state index contributed by atoms with van der Waals surface area (Å²) in [6.45, 7) is 2.97. The lowest BCUT2D eigenvalue weighted by atomic mass is 10.2. The van der Waals surface area contributed by atoms with Crippen LogP contribution >= 0.6 is 15.9 Å². The van der Waals surface area contributed by atoms with Gasteiger partial charge in [0.25, 0.3) is 0 Å². The summed E-state index contributed by atoms with van der Waals surface area (Å²) in [7, 11) is 0. The van der Waals surface area contributed by atoms with Gasteiger partial charge in [-0.2, -0.15) is 0 Å². The largest absolute Gasteiger partial charge is 0.394 e. The highest BCUT2D eigenvalue weighted by atomic mass is 79.9. The van der Waals surface area contributed by atoms with Crippen LogP contribution in [0.15, 0.2) is 0 Å². The van der Waals surface area contributed by atoms with E-state index in [2.05, 4.69) is 15.9 Å². The molecule has 0 aromatic carbocycles. The second-order valence-electron chi connectivity index (χ2n) is 3.18. The van der Waals surface area contributed by atoms with Crippen LogP contribution in [0.2, 0.25) is 0 Å². The van der Waals surface area contributed by atoms with Crippen molar-refractivity contribution in [3.8, 4) is 0 Å². The van der Waals surface area contributed by atoms with E-state index < -0.39 is 0 Å². The molecule has 2 unspecified atom stereocenters. The molecule has 0 spiro atoms. The van der Waals surface area contributed by atoms with Gasteiger partial charge in [-0.25, -0.2) is 0 Å². The molecule has 1 aliphatic rings. The monoisotopic (exact) mass is 251 g/mol. The zero-order valence-corrected chi connectivity index (χ0v) is 9.16. The van der Waals surface area contributed by atoms with Crippen LogP contribution < -0.4 is 0 Å². The van der Waals surface area contributed by atoms with Gasteiger partial charge in [0, 0.05) is 13.1 Å². The first kappa shape index (κ1) is 10.9. The Labute approximate surface area is 86.0 Å². The van der Waals surface area contributed by atoms with E-state index in [1.165, 1.54) is 0 Å². The summed E-state index contributed by atoms with van der Waals surface area (Å²) in [5.41, 5.74) is 0. The van der Waals surface area contributed by atoms with Gasteiger partial charge in [0.05, 0.1) is 24.1 Å². The van der Waals surface area contributed by atoms with Crippen LogP contribution in [0, 0.1) is 0 Å². The molecule has 1 rings (SSSR count). The van der Waals surface area contributed by atoms with Crippen molar-refractivity contribution in [1.29, 1.82) is 0 Å². The van der Waals surface area contributed by atoms with E-state index in [4.69, 9.17) is 9.84 Å². The van der Waals surface area contributed by atoms with Gasteiger partial charge in [-0.15, -0.1) is 0 Å². The summed E-state index contributed by atoms with van der Waals surface area (Å²) >= 11 is 3.12. The normalized spacial score (nSPS) is 29.0. The minimum atomic E-state index is -0.230. The fraction of sp³-hybridized carbons (Fsp3) is 0.875. The first-order chi connectivity index (χ1) is 6.17. The highest BCUT2D eigenvalue weighted by Crippen LogP contribution is 2.11. The van der Waals surface area contributed by atoms with Gasteiger partial charge in [0.1, 0.15) is 0 Å². The Morgan fingerprint density at radius 1 is 1.69 bits per heavy atom. The Kier molecular flexibility index (Phi) is 4.15. The summed E-state index contributed by atoms with van der Waals surface area (Å²) in [6.07, 6.45) is -0.222. The van der Waals surface area contributed by atoms with Gasteiger partial charge >= 0.3 is 0 Å². The summed E-state index contributed by atoms with van der Waals surface area (Å²) in [6, 6.07) is 0. The minimum absolute atomic E-state index is 0.00824. The second kappa shape index (κ2) is 4.93. The van der Waals surface area contributed by atoms with E-state index in [1.807, 2.05) is 6.92 Å². The molecule has 0 aromatic rings. The molecule has 13 heavy (non-hydrogen) atoms. The molecule has 5 heteroatoms. The predicted molar refractivity (Wildman–Crippen MR) is 51.8 cm³/mol. The molecule has 0 radical (unpaired) electrons. The lowest BCUT2D eigenvalue weighted by Gasteiger charge is -2.35. The van der Waals surface area contributed by atoms with Crippen molar-refractivity contribution < 1.29 is 14.6 Å². The van der Waals surface area contributed by atoms with E-state index in [9.17, 15) is 4.79 Å². The SMILES string of the molecule is CC1CN(C(=O)CBr)CC(CO)O1. The fourth-order valence-electron chi connectivity index (χ4n) is 1.43. The zero-order valence-electron chi connectivity index (χ0n) is 7.57. The topological polar surface area (TPSA) is 49.8 Å². The molecule has 1 heterocycles. The molecule has 0 aromatic heterocycles. The number of halogens is 1. The Morgan fingerprint density at radius 3 is 2.92 bits per heavy atom. The number of carbonyl (C=O) groups is 1. The summed E-state index contributed by atoms with van der Waals surface area (Å²) in [5.74, 6) is 0.0496. The van der Waals surface area contributed by atoms with Crippen molar-refractivity contribution in [3.63, 3.8) is 0 Å². The van der Waals surface area contributed by atoms with Gasteiger partial charge in [0.2, 0.25) is 5.91 Å². The quantitative estimate of drug-likeness (QED) is 0.703. The highest BCUT2D eigenvalue weighted by Gasteiger charge is 2.26. The Bertz CT molecular complexity index is 188. The van der Waals surface area contributed by atoms with E-state index in [0.29, 0.717) is 18.4 Å². The number of rotatable bonds is 2. The smallest absolute Gasteiger partial charge is 0.233 e. The molecular formula is C8H14BrNO3. The molecule has 0 saturated carbocycles. The third-order valence-electron chi connectivity index (χ3n) is 2.00. The van der Waals surface area contributed by atoms with Gasteiger partial charge in [-0.1, -0.05) is 15.9 Å². The van der Waals surface area contributed by atoms with Gasteiger partial charge in [-0.3, -0.25) is 4.79 Å². The Balaban J connectivity index is 2.51. The number of carbonyl (C=O) groups excluding carboxylic acids is 1. The van der Waals surface area contributed by atoms with Crippen LogP contribution in [0.3, 0.4) is 0 Å². The first-order valence-electron chi connectivity index (χ1n) is 4.27. The zero-order chi connectivity index (χ0) is 9.84. The Morgan fingerprint density at radius 2 is 2.38 bits per heavy atom. The average molecular weight is 252 g/mol. The maximum Gasteiger partial charge on any atom is 0.233 e. The summed E-state index contributed by atoms with van der Waals surface area (Å²) < 4.78 is 5.40. The number of aliphatic hydroxyl groups excluding tert-OH is 1. The maximum absolute atomic E-state index is 11.3. The maximum atomic E-state index is 11.3. The molecule has 1 saturated heterocycles. The Hall–Kier alpha value is -0.130. The van der Waals surface area contributed by atoms with Gasteiger partial charge in [-0.05, 0) is 6.92 Å². The molecule has 0 bridgehead atoms. The van der Waals surface area contributed by atoms with Crippen molar-refractivity contribution in [1.82, 2.24) is 4.90 Å². The molecule has 1 fully saturated rings. The molecule has 4 nitrogen and oxygen atoms in total. The molecule has 1 amide bonds. The first-order valence-corrected chi connectivity index (χ1v) is 5.39. The van der Waals surface area contributed by atoms with E-state index in [1.54, 1.807) is 4.90 Å². The number of amides is 1. The van der Waals surface area contributed by atoms with E-state index in [0.717, 1.165) is 0 Å². The predicted octanol–water partition coefficient (Wildman–Crippen LogP) is -0.0105. The molecule has 1 N–H and O–H groups in total. The third-order valence-corrected chi connectivity index (χ3v) is 2.48. The number of hydrogen-bond acceptors (Lipinski definition) is 3. The number of hydrogen-bond donors (Lipinski definition) is 1. The fourth-order valence-corrected chi connectivity index (χ4v) is 1.79. The van der Waals surface area contributed by atoms with Gasteiger partial charge < -0.3 is 14.7 Å². The molecule has 2 atom stereocenters. The molecule has 76 valence electrons. The summed E-state index contributed by atoms with van der Waals surface area (Å²) in [4.78, 5) is 13.0. The minimum Gasteiger partial charge on any atom is -0.394 e. The number of aliphatic hydroxyl groups is 1. The molecule has 0 aliphatic carbocycles. The molecule has 1 aliphatic heterocycles. The van der Waals surface area contributed by atoms with Gasteiger partial charge in [0.15, 0.2) is 0 Å². The van der Waals surface area contributed by atoms with Crippen molar-refractivity contribution >= 4 is 21.8 Å². The van der Waals surface area contributed by atoms with Crippen LogP contribution in [0.1, 0.15) is 6.92 Å². The van der Waals surface area contributed by atoms with Crippen molar-refractivity contribution in [3.05, 3.63) is 0 Å². The lowest BCUT2D eigenvalue weighted by molar-refractivity contribution is -0.144. The van der Waals surface area contributed by atoms with Crippen LogP contribution in [-0.2, 0) is 9.53 Å². The number of morpholine rings is 1. The van der Waals surface area contributed by atoms with Crippen molar-refractivity contribution in [2.75, 3.05) is 25.0 Å². The number of ether oxygens (including phenoxy) is 1. The van der Waals surface area contributed by atoms with Crippen LogP contribution in [0.5, 0.6) is 0 Å². The number of nitrogens with zero attached hydrogens (tertiary/aromatic N) is 1. The van der Waals surface area contributed by atoms with E-state index >= 15 is 0 Å². The van der Waals surface area contributed by atoms with Crippen LogP contribution in [0.25, 0.3) is 0 Å². The van der Waals surface area contributed by atoms with Crippen molar-refractivity contribution in [2.45, 2.75) is 19.1 Å². The van der Waals surface area contributed by atoms with Crippen molar-refractivity contribution in [2.24, 2.45) is 0 Å². The third kappa shape index (κ3) is 2.93. The number of alkyl halides is 1.